The highest BCUT2D eigenvalue weighted by Gasteiger charge is 2.43. The molecule has 1 saturated heterocycles. The van der Waals surface area contributed by atoms with Crippen molar-refractivity contribution in [3.8, 4) is 0 Å². The number of amides is 3. The number of hydrogen-bond donors (Lipinski definition) is 3. The van der Waals surface area contributed by atoms with E-state index in [1.807, 2.05) is 13.0 Å². The second-order valence-corrected chi connectivity index (χ2v) is 9.03. The number of aromatic amines is 1. The molecule has 3 N–H and O–H groups in total. The van der Waals surface area contributed by atoms with E-state index >= 15 is 0 Å². The van der Waals surface area contributed by atoms with Crippen molar-refractivity contribution in [1.82, 2.24) is 25.4 Å². The smallest absolute Gasteiger partial charge is 0.325 e. The third kappa shape index (κ3) is 4.58. The van der Waals surface area contributed by atoms with Crippen molar-refractivity contribution in [1.29, 1.82) is 0 Å². The number of nitrogens with zero attached hydrogens (tertiary/aromatic N) is 2. The number of carbonyl (C=O) groups is 3. The first-order chi connectivity index (χ1) is 15.9. The Balaban J connectivity index is 1.62. The van der Waals surface area contributed by atoms with Crippen LogP contribution in [0, 0.1) is 5.92 Å². The van der Waals surface area contributed by atoms with Gasteiger partial charge >= 0.3 is 6.03 Å². The molecule has 3 amide bonds. The Labute approximate surface area is 194 Å². The minimum atomic E-state index is -0.436. The summed E-state index contributed by atoms with van der Waals surface area (Å²) in [5.74, 6) is -0.394. The number of carbonyl (C=O) groups excluding carboxylic acids is 3. The average molecular weight is 452 g/mol. The Bertz CT molecular complexity index is 1060. The van der Waals surface area contributed by atoms with Crippen LogP contribution in [0.1, 0.15) is 37.3 Å². The Morgan fingerprint density at radius 1 is 1.33 bits per heavy atom. The van der Waals surface area contributed by atoms with E-state index < -0.39 is 6.03 Å². The predicted molar refractivity (Wildman–Crippen MR) is 128 cm³/mol. The molecule has 176 valence electrons. The lowest BCUT2D eigenvalue weighted by Gasteiger charge is -2.47. The van der Waals surface area contributed by atoms with Crippen LogP contribution in [0.5, 0.6) is 0 Å². The predicted octanol–water partition coefficient (Wildman–Crippen LogP) is 2.38. The van der Waals surface area contributed by atoms with Gasteiger partial charge in [0.25, 0.3) is 0 Å². The molecule has 8 nitrogen and oxygen atoms in total. The fourth-order valence-electron chi connectivity index (χ4n) is 5.41. The molecule has 0 spiro atoms. The highest BCUT2D eigenvalue weighted by molar-refractivity contribution is 5.96. The monoisotopic (exact) mass is 451 g/mol. The van der Waals surface area contributed by atoms with Gasteiger partial charge in [-0.3, -0.25) is 24.7 Å². The maximum Gasteiger partial charge on any atom is 0.325 e. The first-order valence-electron chi connectivity index (χ1n) is 11.7. The van der Waals surface area contributed by atoms with Gasteiger partial charge in [0, 0.05) is 48.7 Å². The summed E-state index contributed by atoms with van der Waals surface area (Å²) in [4.78, 5) is 44.6. The van der Waals surface area contributed by atoms with E-state index in [1.54, 1.807) is 0 Å². The third-order valence-electron chi connectivity index (χ3n) is 6.77. The first-order valence-corrected chi connectivity index (χ1v) is 11.7. The van der Waals surface area contributed by atoms with Crippen molar-refractivity contribution >= 4 is 28.6 Å². The van der Waals surface area contributed by atoms with Crippen LogP contribution >= 0.6 is 0 Å². The van der Waals surface area contributed by atoms with Gasteiger partial charge in [-0.1, -0.05) is 18.2 Å². The number of rotatable bonds is 8. The first kappa shape index (κ1) is 23.2. The van der Waals surface area contributed by atoms with Gasteiger partial charge in [-0.15, -0.1) is 6.58 Å². The molecular formula is C25H33N5O3. The molecule has 1 fully saturated rings. The van der Waals surface area contributed by atoms with E-state index in [2.05, 4.69) is 51.5 Å². The largest absolute Gasteiger partial charge is 0.361 e. The molecule has 1 aromatic carbocycles. The molecule has 4 rings (SSSR count). The van der Waals surface area contributed by atoms with Crippen LogP contribution in [0.3, 0.4) is 0 Å². The van der Waals surface area contributed by atoms with Crippen molar-refractivity contribution in [3.63, 3.8) is 0 Å². The fourth-order valence-corrected chi connectivity index (χ4v) is 5.41. The second-order valence-electron chi connectivity index (χ2n) is 9.03. The molecular weight excluding hydrogens is 418 g/mol. The van der Waals surface area contributed by atoms with E-state index in [0.717, 1.165) is 11.9 Å². The molecule has 0 saturated carbocycles. The van der Waals surface area contributed by atoms with Gasteiger partial charge in [0.05, 0.1) is 19.1 Å². The maximum atomic E-state index is 13.6. The number of piperidine rings is 1. The molecule has 1 aliphatic carbocycles. The van der Waals surface area contributed by atoms with Gasteiger partial charge < -0.3 is 10.3 Å². The van der Waals surface area contributed by atoms with E-state index in [9.17, 15) is 14.4 Å². The number of fused-ring (bicyclic) bond motifs is 2. The Hall–Kier alpha value is -2.97. The minimum absolute atomic E-state index is 0.00778. The summed E-state index contributed by atoms with van der Waals surface area (Å²) >= 11 is 0. The van der Waals surface area contributed by atoms with Gasteiger partial charge in [-0.25, -0.2) is 4.79 Å². The number of imide groups is 1. The number of urea groups is 1. The summed E-state index contributed by atoms with van der Waals surface area (Å²) in [6.45, 7) is 9.02. The number of likely N-dealkylation sites (tertiary alicyclic amines) is 1. The lowest BCUT2D eigenvalue weighted by atomic mass is 9.72. The van der Waals surface area contributed by atoms with Gasteiger partial charge in [0.1, 0.15) is 5.78 Å². The van der Waals surface area contributed by atoms with Crippen LogP contribution in [0.4, 0.5) is 4.79 Å². The van der Waals surface area contributed by atoms with E-state index in [4.69, 9.17) is 0 Å². The zero-order valence-electron chi connectivity index (χ0n) is 19.4. The summed E-state index contributed by atoms with van der Waals surface area (Å²) in [6.07, 6.45) is 5.60. The summed E-state index contributed by atoms with van der Waals surface area (Å²) < 4.78 is 0. The summed E-state index contributed by atoms with van der Waals surface area (Å²) in [7, 11) is 0. The molecule has 3 atom stereocenters. The average Bonchev–Trinajstić information content (AvgIpc) is 3.21. The zero-order valence-corrected chi connectivity index (χ0v) is 19.4. The number of nitrogens with one attached hydrogen (secondary N) is 3. The quantitative estimate of drug-likeness (QED) is 0.423. The molecule has 2 aromatic rings. The number of benzene rings is 1. The van der Waals surface area contributed by atoms with Gasteiger partial charge in [0.2, 0.25) is 5.91 Å². The van der Waals surface area contributed by atoms with Gasteiger partial charge in [-0.2, -0.15) is 0 Å². The summed E-state index contributed by atoms with van der Waals surface area (Å²) in [6, 6.07) is 6.18. The van der Waals surface area contributed by atoms with Crippen molar-refractivity contribution < 1.29 is 14.4 Å². The SMILES string of the molecule is C=CCN1C[C@H](C(=O)N(CNCC(C)=O)C(=O)NCC)C[C@@H]2c3cccc4[nH]cc(c34)C[C@H]21. The standard InChI is InChI=1S/C25H33N5O3/c1-4-9-29-14-18(24(32)30(25(33)27-5-2)15-26-12-16(3)31)10-20-19-7-6-8-21-23(19)17(13-28-21)11-22(20)29/h4,6-8,13,18,20,22,26,28H,1,5,9-12,14-15H2,2-3H3,(H,27,33)/t18-,20-,22-/m1/s1. The summed E-state index contributed by atoms with van der Waals surface area (Å²) in [5, 5.41) is 6.92. The highest BCUT2D eigenvalue weighted by atomic mass is 16.2. The zero-order chi connectivity index (χ0) is 23.5. The molecule has 2 heterocycles. The van der Waals surface area contributed by atoms with Crippen molar-refractivity contribution in [2.75, 3.05) is 32.8 Å². The molecule has 8 heteroatoms. The Morgan fingerprint density at radius 3 is 2.88 bits per heavy atom. The van der Waals surface area contributed by atoms with Crippen LogP contribution in [0.15, 0.2) is 37.1 Å². The van der Waals surface area contributed by atoms with Gasteiger partial charge in [0.15, 0.2) is 0 Å². The van der Waals surface area contributed by atoms with Crippen LogP contribution < -0.4 is 10.6 Å². The minimum Gasteiger partial charge on any atom is -0.361 e. The fraction of sp³-hybridized carbons (Fsp3) is 0.480. The molecule has 33 heavy (non-hydrogen) atoms. The molecule has 0 unspecified atom stereocenters. The lowest BCUT2D eigenvalue weighted by molar-refractivity contribution is -0.135. The number of H-pyrrole nitrogens is 1. The number of hydrogen-bond acceptors (Lipinski definition) is 5. The molecule has 1 aliphatic heterocycles. The molecule has 1 aromatic heterocycles. The maximum absolute atomic E-state index is 13.6. The van der Waals surface area contributed by atoms with Gasteiger partial charge in [-0.05, 0) is 43.9 Å². The highest BCUT2D eigenvalue weighted by Crippen LogP contribution is 2.45. The Kier molecular flexibility index (Phi) is 6.95. The van der Waals surface area contributed by atoms with Crippen LogP contribution in [-0.4, -0.2) is 71.4 Å². The molecule has 2 aliphatic rings. The number of ketones is 1. The van der Waals surface area contributed by atoms with Crippen LogP contribution in [0.2, 0.25) is 0 Å². The second kappa shape index (κ2) is 9.89. The normalized spacial score (nSPS) is 21.9. The van der Waals surface area contributed by atoms with E-state index in [1.165, 1.54) is 28.3 Å². The van der Waals surface area contributed by atoms with E-state index in [-0.39, 0.29) is 42.8 Å². The Morgan fingerprint density at radius 2 is 2.15 bits per heavy atom. The number of Topliss-reactive ketones (excluding diaryl/α,β-unsaturated/α-hetero) is 1. The third-order valence-corrected chi connectivity index (χ3v) is 6.77. The summed E-state index contributed by atoms with van der Waals surface area (Å²) in [5.41, 5.74) is 3.71. The van der Waals surface area contributed by atoms with Crippen LogP contribution in [-0.2, 0) is 16.0 Å². The number of aromatic nitrogens is 1. The van der Waals surface area contributed by atoms with E-state index in [0.29, 0.717) is 26.1 Å². The van der Waals surface area contributed by atoms with Crippen molar-refractivity contribution in [2.45, 2.75) is 38.6 Å². The van der Waals surface area contributed by atoms with Crippen molar-refractivity contribution in [3.05, 3.63) is 48.2 Å². The molecule has 0 bridgehead atoms. The van der Waals surface area contributed by atoms with Crippen LogP contribution in [0.25, 0.3) is 10.9 Å². The topological polar surface area (TPSA) is 97.5 Å². The lowest BCUT2D eigenvalue weighted by Crippen LogP contribution is -2.56. The van der Waals surface area contributed by atoms with Crippen molar-refractivity contribution in [2.24, 2.45) is 5.92 Å². The molecule has 0 radical (unpaired) electrons.